The molecule has 1 aromatic rings. The van der Waals surface area contributed by atoms with E-state index in [1.54, 1.807) is 18.1 Å². The van der Waals surface area contributed by atoms with Gasteiger partial charge < -0.3 is 14.6 Å². The zero-order chi connectivity index (χ0) is 15.0. The Balaban J connectivity index is 2.55. The Morgan fingerprint density at radius 2 is 2.30 bits per heavy atom. The van der Waals surface area contributed by atoms with Gasteiger partial charge in [-0.15, -0.1) is 10.2 Å². The number of thioether (sulfide) groups is 1. The Morgan fingerprint density at radius 1 is 1.55 bits per heavy atom. The molecular weight excluding hydrogens is 276 g/mol. The Morgan fingerprint density at radius 3 is 2.85 bits per heavy atom. The van der Waals surface area contributed by atoms with E-state index < -0.39 is 5.54 Å². The fourth-order valence-electron chi connectivity index (χ4n) is 1.70. The number of nitrogens with one attached hydrogen (secondary N) is 1. The number of nitrogens with zero attached hydrogens (tertiary/aromatic N) is 3. The standard InChI is InChI=1S/C13H24N4O2S/c1-5-8-14-13(3,11(18)19-6-2)7-9-20-12-16-15-10-17(12)4/h10,14H,5-9H2,1-4H3. The smallest absolute Gasteiger partial charge is 0.326 e. The van der Waals surface area contributed by atoms with Crippen LogP contribution in [0, 0.1) is 0 Å². The van der Waals surface area contributed by atoms with Gasteiger partial charge in [-0.05, 0) is 33.2 Å². The van der Waals surface area contributed by atoms with Crippen molar-refractivity contribution in [2.75, 3.05) is 18.9 Å². The zero-order valence-electron chi connectivity index (χ0n) is 12.7. The van der Waals surface area contributed by atoms with Crippen molar-refractivity contribution in [3.05, 3.63) is 6.33 Å². The van der Waals surface area contributed by atoms with Gasteiger partial charge in [-0.3, -0.25) is 4.79 Å². The highest BCUT2D eigenvalue weighted by Gasteiger charge is 2.33. The maximum atomic E-state index is 12.1. The number of esters is 1. The van der Waals surface area contributed by atoms with Gasteiger partial charge in [0.2, 0.25) is 0 Å². The van der Waals surface area contributed by atoms with Gasteiger partial charge in [-0.25, -0.2) is 0 Å². The molecule has 0 aromatic carbocycles. The van der Waals surface area contributed by atoms with Gasteiger partial charge >= 0.3 is 5.97 Å². The molecular formula is C13H24N4O2S. The molecule has 0 aliphatic heterocycles. The average molecular weight is 300 g/mol. The largest absolute Gasteiger partial charge is 0.465 e. The molecule has 1 rings (SSSR count). The number of carbonyl (C=O) groups is 1. The summed E-state index contributed by atoms with van der Waals surface area (Å²) in [6.45, 7) is 7.00. The highest BCUT2D eigenvalue weighted by molar-refractivity contribution is 7.99. The van der Waals surface area contributed by atoms with Gasteiger partial charge in [0.05, 0.1) is 6.61 Å². The summed E-state index contributed by atoms with van der Waals surface area (Å²) in [7, 11) is 1.90. The van der Waals surface area contributed by atoms with Crippen molar-refractivity contribution in [3.63, 3.8) is 0 Å². The lowest BCUT2D eigenvalue weighted by Crippen LogP contribution is -2.51. The second-order valence-electron chi connectivity index (χ2n) is 4.80. The van der Waals surface area contributed by atoms with Crippen LogP contribution in [-0.2, 0) is 16.6 Å². The summed E-state index contributed by atoms with van der Waals surface area (Å²) in [4.78, 5) is 12.1. The Kier molecular flexibility index (Phi) is 7.01. The zero-order valence-corrected chi connectivity index (χ0v) is 13.5. The first kappa shape index (κ1) is 17.0. The maximum Gasteiger partial charge on any atom is 0.326 e. The van der Waals surface area contributed by atoms with E-state index in [0.29, 0.717) is 13.0 Å². The lowest BCUT2D eigenvalue weighted by atomic mass is 9.99. The van der Waals surface area contributed by atoms with E-state index >= 15 is 0 Å². The molecule has 0 amide bonds. The van der Waals surface area contributed by atoms with Crippen molar-refractivity contribution >= 4 is 17.7 Å². The fraction of sp³-hybridized carbons (Fsp3) is 0.769. The molecule has 1 unspecified atom stereocenters. The van der Waals surface area contributed by atoms with Crippen LogP contribution in [0.5, 0.6) is 0 Å². The number of aryl methyl sites for hydroxylation is 1. The third kappa shape index (κ3) is 4.79. The normalized spacial score (nSPS) is 14.0. The van der Waals surface area contributed by atoms with Crippen molar-refractivity contribution in [2.24, 2.45) is 7.05 Å². The molecule has 114 valence electrons. The van der Waals surface area contributed by atoms with Crippen molar-refractivity contribution in [2.45, 2.75) is 44.3 Å². The first-order valence-corrected chi connectivity index (χ1v) is 7.91. The van der Waals surface area contributed by atoms with Gasteiger partial charge in [0.25, 0.3) is 0 Å². The SMILES string of the molecule is CCCNC(C)(CCSc1nncn1C)C(=O)OCC. The minimum Gasteiger partial charge on any atom is -0.465 e. The molecule has 0 bridgehead atoms. The Hall–Kier alpha value is -1.08. The number of ether oxygens (including phenoxy) is 1. The summed E-state index contributed by atoms with van der Waals surface area (Å²) in [5.41, 5.74) is -0.641. The Labute approximate surface area is 124 Å². The van der Waals surface area contributed by atoms with Gasteiger partial charge in [0.15, 0.2) is 5.16 Å². The highest BCUT2D eigenvalue weighted by Crippen LogP contribution is 2.20. The van der Waals surface area contributed by atoms with E-state index in [2.05, 4.69) is 22.4 Å². The summed E-state index contributed by atoms with van der Waals surface area (Å²) in [5, 5.41) is 12.0. The van der Waals surface area contributed by atoms with Crippen molar-refractivity contribution in [3.8, 4) is 0 Å². The second-order valence-corrected chi connectivity index (χ2v) is 5.86. The molecule has 1 aromatic heterocycles. The van der Waals surface area contributed by atoms with E-state index in [1.165, 1.54) is 0 Å². The van der Waals surface area contributed by atoms with Crippen LogP contribution in [-0.4, -0.2) is 45.2 Å². The van der Waals surface area contributed by atoms with Crippen LogP contribution in [0.25, 0.3) is 0 Å². The number of carbonyl (C=O) groups excluding carboxylic acids is 1. The number of rotatable bonds is 9. The minimum absolute atomic E-state index is 0.188. The third-order valence-electron chi connectivity index (χ3n) is 2.99. The topological polar surface area (TPSA) is 69.0 Å². The monoisotopic (exact) mass is 300 g/mol. The van der Waals surface area contributed by atoms with Crippen LogP contribution < -0.4 is 5.32 Å². The molecule has 0 saturated carbocycles. The van der Waals surface area contributed by atoms with Gasteiger partial charge in [0, 0.05) is 12.8 Å². The average Bonchev–Trinajstić information content (AvgIpc) is 2.82. The molecule has 7 heteroatoms. The summed E-state index contributed by atoms with van der Waals surface area (Å²) in [5.74, 6) is 0.588. The molecule has 0 aliphatic carbocycles. The molecule has 0 saturated heterocycles. The highest BCUT2D eigenvalue weighted by atomic mass is 32.2. The van der Waals surface area contributed by atoms with E-state index in [0.717, 1.165) is 23.9 Å². The van der Waals surface area contributed by atoms with Crippen LogP contribution in [0.2, 0.25) is 0 Å². The lowest BCUT2D eigenvalue weighted by molar-refractivity contribution is -0.150. The van der Waals surface area contributed by atoms with Crippen LogP contribution in [0.15, 0.2) is 11.5 Å². The molecule has 0 radical (unpaired) electrons. The van der Waals surface area contributed by atoms with Crippen LogP contribution in [0.3, 0.4) is 0 Å². The van der Waals surface area contributed by atoms with Crippen LogP contribution in [0.1, 0.15) is 33.6 Å². The number of hydrogen-bond acceptors (Lipinski definition) is 6. The Bertz CT molecular complexity index is 424. The van der Waals surface area contributed by atoms with Crippen molar-refractivity contribution in [1.82, 2.24) is 20.1 Å². The van der Waals surface area contributed by atoms with E-state index in [9.17, 15) is 4.79 Å². The maximum absolute atomic E-state index is 12.1. The van der Waals surface area contributed by atoms with Gasteiger partial charge in [0.1, 0.15) is 11.9 Å². The fourth-order valence-corrected chi connectivity index (χ4v) is 2.75. The van der Waals surface area contributed by atoms with Crippen molar-refractivity contribution in [1.29, 1.82) is 0 Å². The first-order valence-electron chi connectivity index (χ1n) is 6.92. The summed E-state index contributed by atoms with van der Waals surface area (Å²) in [6, 6.07) is 0. The predicted molar refractivity (Wildman–Crippen MR) is 79.7 cm³/mol. The third-order valence-corrected chi connectivity index (χ3v) is 4.03. The van der Waals surface area contributed by atoms with E-state index in [4.69, 9.17) is 4.74 Å². The predicted octanol–water partition coefficient (Wildman–Crippen LogP) is 1.62. The number of hydrogen-bond donors (Lipinski definition) is 1. The molecule has 1 atom stereocenters. The molecule has 6 nitrogen and oxygen atoms in total. The summed E-state index contributed by atoms with van der Waals surface area (Å²) < 4.78 is 7.04. The van der Waals surface area contributed by atoms with Crippen LogP contribution in [0.4, 0.5) is 0 Å². The minimum atomic E-state index is -0.641. The quantitative estimate of drug-likeness (QED) is 0.552. The van der Waals surface area contributed by atoms with Crippen molar-refractivity contribution < 1.29 is 9.53 Å². The van der Waals surface area contributed by atoms with E-state index in [1.807, 2.05) is 25.5 Å². The number of aromatic nitrogens is 3. The summed E-state index contributed by atoms with van der Waals surface area (Å²) in [6.07, 6.45) is 3.33. The van der Waals surface area contributed by atoms with Gasteiger partial charge in [-0.2, -0.15) is 0 Å². The molecule has 20 heavy (non-hydrogen) atoms. The molecule has 0 spiro atoms. The van der Waals surface area contributed by atoms with Gasteiger partial charge in [-0.1, -0.05) is 18.7 Å². The molecule has 0 aliphatic rings. The molecule has 1 N–H and O–H groups in total. The van der Waals surface area contributed by atoms with Crippen LogP contribution >= 0.6 is 11.8 Å². The first-order chi connectivity index (χ1) is 9.53. The van der Waals surface area contributed by atoms with E-state index in [-0.39, 0.29) is 5.97 Å². The lowest BCUT2D eigenvalue weighted by Gasteiger charge is -2.28. The summed E-state index contributed by atoms with van der Waals surface area (Å²) >= 11 is 1.59. The molecule has 1 heterocycles. The molecule has 0 fully saturated rings. The second kappa shape index (κ2) is 8.26.